The van der Waals surface area contributed by atoms with Crippen molar-refractivity contribution < 1.29 is 9.53 Å². The Bertz CT molecular complexity index is 927. The van der Waals surface area contributed by atoms with Gasteiger partial charge >= 0.3 is 5.97 Å². The van der Waals surface area contributed by atoms with Gasteiger partial charge in [0, 0.05) is 24.4 Å². The predicted molar refractivity (Wildman–Crippen MR) is 102 cm³/mol. The van der Waals surface area contributed by atoms with Gasteiger partial charge in [-0.15, -0.1) is 0 Å². The molecule has 0 amide bonds. The molecule has 26 heavy (non-hydrogen) atoms. The van der Waals surface area contributed by atoms with Crippen molar-refractivity contribution in [2.45, 2.75) is 19.3 Å². The van der Waals surface area contributed by atoms with Gasteiger partial charge in [-0.1, -0.05) is 42.5 Å². The van der Waals surface area contributed by atoms with Crippen molar-refractivity contribution in [3.63, 3.8) is 0 Å². The lowest BCUT2D eigenvalue weighted by Gasteiger charge is -2.20. The molecule has 1 fully saturated rings. The second-order valence-electron chi connectivity index (χ2n) is 6.45. The normalized spacial score (nSPS) is 16.8. The topological polar surface area (TPSA) is 55.3 Å². The summed E-state index contributed by atoms with van der Waals surface area (Å²) in [7, 11) is 0. The molecule has 1 saturated heterocycles. The summed E-state index contributed by atoms with van der Waals surface area (Å²) in [5.74, 6) is 0.940. The van der Waals surface area contributed by atoms with Gasteiger partial charge in [0.1, 0.15) is 5.82 Å². The number of carbonyl (C=O) groups is 1. The number of nitrogens with zero attached hydrogens (tertiary/aromatic N) is 3. The fourth-order valence-corrected chi connectivity index (χ4v) is 3.54. The molecule has 0 saturated carbocycles. The molecule has 1 aromatic heterocycles. The SMILES string of the molecule is CCOC(=O)c1nc(N2CC[C@H](c3ccccc3)C2)c2ccccc2n1. The first-order chi connectivity index (χ1) is 12.8. The summed E-state index contributed by atoms with van der Waals surface area (Å²) in [5, 5.41) is 0.967. The summed E-state index contributed by atoms with van der Waals surface area (Å²) in [6, 6.07) is 18.4. The molecular formula is C21H21N3O2. The summed E-state index contributed by atoms with van der Waals surface area (Å²) in [5.41, 5.74) is 2.11. The number of rotatable bonds is 4. The number of anilines is 1. The molecule has 132 valence electrons. The van der Waals surface area contributed by atoms with Crippen molar-refractivity contribution in [3.05, 3.63) is 66.0 Å². The molecule has 2 aromatic carbocycles. The molecule has 0 radical (unpaired) electrons. The third kappa shape index (κ3) is 3.12. The summed E-state index contributed by atoms with van der Waals surface area (Å²) >= 11 is 0. The van der Waals surface area contributed by atoms with E-state index in [0.29, 0.717) is 12.5 Å². The number of esters is 1. The van der Waals surface area contributed by atoms with Crippen LogP contribution in [0.1, 0.15) is 35.4 Å². The Hall–Kier alpha value is -2.95. The predicted octanol–water partition coefficient (Wildman–Crippen LogP) is 3.80. The van der Waals surface area contributed by atoms with E-state index in [1.54, 1.807) is 6.92 Å². The Labute approximate surface area is 152 Å². The van der Waals surface area contributed by atoms with Crippen LogP contribution in [-0.2, 0) is 4.74 Å². The second kappa shape index (κ2) is 7.12. The molecular weight excluding hydrogens is 326 g/mol. The lowest BCUT2D eigenvalue weighted by molar-refractivity contribution is 0.0512. The molecule has 0 bridgehead atoms. The maximum atomic E-state index is 12.2. The molecule has 1 aliphatic heterocycles. The van der Waals surface area contributed by atoms with E-state index < -0.39 is 5.97 Å². The quantitative estimate of drug-likeness (QED) is 0.672. The molecule has 1 atom stereocenters. The van der Waals surface area contributed by atoms with E-state index in [-0.39, 0.29) is 5.82 Å². The maximum Gasteiger partial charge on any atom is 0.376 e. The first kappa shape index (κ1) is 16.5. The Balaban J connectivity index is 1.70. The first-order valence-electron chi connectivity index (χ1n) is 9.00. The third-order valence-corrected chi connectivity index (χ3v) is 4.80. The summed E-state index contributed by atoms with van der Waals surface area (Å²) in [6.07, 6.45) is 1.07. The summed E-state index contributed by atoms with van der Waals surface area (Å²) < 4.78 is 5.10. The highest BCUT2D eigenvalue weighted by Gasteiger charge is 2.27. The summed E-state index contributed by atoms with van der Waals surface area (Å²) in [4.78, 5) is 23.4. The average Bonchev–Trinajstić information content (AvgIpc) is 3.18. The standard InChI is InChI=1S/C21H21N3O2/c1-2-26-21(25)19-22-18-11-7-6-10-17(18)20(23-19)24-13-12-16(14-24)15-8-4-3-5-9-15/h3-11,16H,2,12-14H2,1H3/t16-/m0/s1. The van der Waals surface area contributed by atoms with Crippen molar-refractivity contribution in [1.29, 1.82) is 0 Å². The minimum absolute atomic E-state index is 0.128. The number of aromatic nitrogens is 2. The highest BCUT2D eigenvalue weighted by molar-refractivity contribution is 5.94. The van der Waals surface area contributed by atoms with Gasteiger partial charge in [0.15, 0.2) is 0 Å². The van der Waals surface area contributed by atoms with Crippen LogP contribution >= 0.6 is 0 Å². The van der Waals surface area contributed by atoms with Crippen LogP contribution in [0.25, 0.3) is 10.9 Å². The van der Waals surface area contributed by atoms with E-state index in [4.69, 9.17) is 4.74 Å². The van der Waals surface area contributed by atoms with Gasteiger partial charge in [-0.2, -0.15) is 0 Å². The van der Waals surface area contributed by atoms with Crippen molar-refractivity contribution in [2.75, 3.05) is 24.6 Å². The van der Waals surface area contributed by atoms with Gasteiger partial charge in [-0.05, 0) is 31.0 Å². The molecule has 3 aromatic rings. The number of fused-ring (bicyclic) bond motifs is 1. The van der Waals surface area contributed by atoms with Crippen molar-refractivity contribution in [3.8, 4) is 0 Å². The molecule has 0 N–H and O–H groups in total. The molecule has 5 heteroatoms. The van der Waals surface area contributed by atoms with Crippen LogP contribution in [0.15, 0.2) is 54.6 Å². The molecule has 0 spiro atoms. The number of hydrogen-bond acceptors (Lipinski definition) is 5. The van der Waals surface area contributed by atoms with Crippen LogP contribution < -0.4 is 4.90 Å². The lowest BCUT2D eigenvalue weighted by atomic mass is 9.99. The molecule has 4 rings (SSSR count). The lowest BCUT2D eigenvalue weighted by Crippen LogP contribution is -2.22. The van der Waals surface area contributed by atoms with Crippen LogP contribution in [0.2, 0.25) is 0 Å². The Morgan fingerprint density at radius 3 is 2.69 bits per heavy atom. The van der Waals surface area contributed by atoms with E-state index in [0.717, 1.165) is 36.2 Å². The zero-order chi connectivity index (χ0) is 17.9. The van der Waals surface area contributed by atoms with E-state index in [1.165, 1.54) is 5.56 Å². The molecule has 0 unspecified atom stereocenters. The number of carbonyl (C=O) groups excluding carboxylic acids is 1. The van der Waals surface area contributed by atoms with Crippen molar-refractivity contribution in [2.24, 2.45) is 0 Å². The van der Waals surface area contributed by atoms with Crippen molar-refractivity contribution >= 4 is 22.7 Å². The smallest absolute Gasteiger partial charge is 0.376 e. The minimum atomic E-state index is -0.474. The van der Waals surface area contributed by atoms with E-state index in [1.807, 2.05) is 30.3 Å². The van der Waals surface area contributed by atoms with Gasteiger partial charge in [0.2, 0.25) is 5.82 Å². The average molecular weight is 347 g/mol. The largest absolute Gasteiger partial charge is 0.460 e. The number of hydrogen-bond donors (Lipinski definition) is 0. The molecule has 0 aliphatic carbocycles. The molecule has 5 nitrogen and oxygen atoms in total. The number of para-hydroxylation sites is 1. The van der Waals surface area contributed by atoms with Gasteiger partial charge in [-0.3, -0.25) is 0 Å². The molecule has 1 aliphatic rings. The van der Waals surface area contributed by atoms with E-state index in [9.17, 15) is 4.79 Å². The fraction of sp³-hybridized carbons (Fsp3) is 0.286. The van der Waals surface area contributed by atoms with Gasteiger partial charge in [0.25, 0.3) is 0 Å². The Morgan fingerprint density at radius 2 is 1.88 bits per heavy atom. The Kier molecular flexibility index (Phi) is 4.52. The maximum absolute atomic E-state index is 12.2. The Morgan fingerprint density at radius 1 is 1.12 bits per heavy atom. The number of benzene rings is 2. The highest BCUT2D eigenvalue weighted by Crippen LogP contribution is 2.33. The first-order valence-corrected chi connectivity index (χ1v) is 9.00. The van der Waals surface area contributed by atoms with E-state index >= 15 is 0 Å². The minimum Gasteiger partial charge on any atom is -0.460 e. The van der Waals surface area contributed by atoms with E-state index in [2.05, 4.69) is 39.1 Å². The monoisotopic (exact) mass is 347 g/mol. The van der Waals surface area contributed by atoms with Crippen LogP contribution in [0, 0.1) is 0 Å². The van der Waals surface area contributed by atoms with Crippen molar-refractivity contribution in [1.82, 2.24) is 9.97 Å². The third-order valence-electron chi connectivity index (χ3n) is 4.80. The zero-order valence-corrected chi connectivity index (χ0v) is 14.8. The number of ether oxygens (including phenoxy) is 1. The van der Waals surface area contributed by atoms with Gasteiger partial charge < -0.3 is 9.64 Å². The van der Waals surface area contributed by atoms with Crippen LogP contribution in [0.3, 0.4) is 0 Å². The van der Waals surface area contributed by atoms with Gasteiger partial charge in [-0.25, -0.2) is 14.8 Å². The fourth-order valence-electron chi connectivity index (χ4n) is 3.54. The second-order valence-corrected chi connectivity index (χ2v) is 6.45. The van der Waals surface area contributed by atoms with Crippen LogP contribution in [-0.4, -0.2) is 35.6 Å². The van der Waals surface area contributed by atoms with Crippen LogP contribution in [0.5, 0.6) is 0 Å². The summed E-state index contributed by atoms with van der Waals surface area (Å²) in [6.45, 7) is 3.88. The highest BCUT2D eigenvalue weighted by atomic mass is 16.5. The molecule has 2 heterocycles. The zero-order valence-electron chi connectivity index (χ0n) is 14.8. The van der Waals surface area contributed by atoms with Crippen LogP contribution in [0.4, 0.5) is 5.82 Å². The van der Waals surface area contributed by atoms with Gasteiger partial charge in [0.05, 0.1) is 12.1 Å².